The van der Waals surface area contributed by atoms with Gasteiger partial charge in [0.05, 0.1) is 5.56 Å². The molecule has 0 aliphatic heterocycles. The van der Waals surface area contributed by atoms with Crippen LogP contribution in [0, 0.1) is 13.8 Å². The number of rotatable bonds is 3. The van der Waals surface area contributed by atoms with Gasteiger partial charge in [-0.15, -0.1) is 10.2 Å². The number of aromatic nitrogens is 3. The molecule has 0 aliphatic carbocycles. The summed E-state index contributed by atoms with van der Waals surface area (Å²) in [5, 5.41) is 17.2. The van der Waals surface area contributed by atoms with Crippen LogP contribution >= 0.6 is 0 Å². The molecular formula is C15H13N3O3. The van der Waals surface area contributed by atoms with Crippen LogP contribution in [0.25, 0.3) is 23.0 Å². The minimum absolute atomic E-state index is 0.240. The first-order chi connectivity index (χ1) is 10.1. The summed E-state index contributed by atoms with van der Waals surface area (Å²) in [7, 11) is 0. The first-order valence-corrected chi connectivity index (χ1v) is 6.39. The van der Waals surface area contributed by atoms with Crippen molar-refractivity contribution < 1.29 is 14.3 Å². The molecule has 0 amide bonds. The Morgan fingerprint density at radius 3 is 2.43 bits per heavy atom. The number of benzene rings is 1. The van der Waals surface area contributed by atoms with Crippen LogP contribution in [0.15, 0.2) is 34.7 Å². The van der Waals surface area contributed by atoms with E-state index in [9.17, 15) is 9.90 Å². The van der Waals surface area contributed by atoms with Crippen LogP contribution in [-0.4, -0.2) is 26.3 Å². The zero-order chi connectivity index (χ0) is 15.0. The van der Waals surface area contributed by atoms with E-state index in [0.29, 0.717) is 22.8 Å². The molecule has 6 heteroatoms. The Morgan fingerprint density at radius 1 is 1.14 bits per heavy atom. The molecule has 0 saturated carbocycles. The number of H-pyrrole nitrogens is 1. The Hall–Kier alpha value is -2.89. The lowest BCUT2D eigenvalue weighted by molar-refractivity contribution is 0.0695. The van der Waals surface area contributed by atoms with Gasteiger partial charge in [-0.2, -0.15) is 0 Å². The summed E-state index contributed by atoms with van der Waals surface area (Å²) in [5.74, 6) is -0.300. The largest absolute Gasteiger partial charge is 0.478 e. The average molecular weight is 283 g/mol. The summed E-state index contributed by atoms with van der Waals surface area (Å²) in [6.07, 6.45) is 0. The smallest absolute Gasteiger partial charge is 0.337 e. The Morgan fingerprint density at radius 2 is 1.81 bits per heavy atom. The van der Waals surface area contributed by atoms with Gasteiger partial charge in [0.25, 0.3) is 5.89 Å². The van der Waals surface area contributed by atoms with Crippen molar-refractivity contribution in [2.75, 3.05) is 0 Å². The van der Waals surface area contributed by atoms with Crippen LogP contribution < -0.4 is 0 Å². The standard InChI is InChI=1S/C15H13N3O3/c1-8-11(15(19)20)9(2)16-12(8)14-18-17-13(21-14)10-6-4-3-5-7-10/h3-7,16H,1-2H3,(H,19,20). The van der Waals surface area contributed by atoms with Gasteiger partial charge in [-0.3, -0.25) is 0 Å². The van der Waals surface area contributed by atoms with E-state index in [1.165, 1.54) is 0 Å². The molecule has 2 heterocycles. The number of hydrogen-bond acceptors (Lipinski definition) is 4. The molecule has 2 aromatic heterocycles. The first kappa shape index (κ1) is 13.1. The summed E-state index contributed by atoms with van der Waals surface area (Å²) in [6, 6.07) is 9.40. The van der Waals surface area contributed by atoms with Gasteiger partial charge < -0.3 is 14.5 Å². The third-order valence-electron chi connectivity index (χ3n) is 3.31. The fourth-order valence-electron chi connectivity index (χ4n) is 2.31. The highest BCUT2D eigenvalue weighted by Crippen LogP contribution is 2.28. The minimum atomic E-state index is -0.977. The summed E-state index contributed by atoms with van der Waals surface area (Å²) in [6.45, 7) is 3.42. The lowest BCUT2D eigenvalue weighted by Crippen LogP contribution is -1.98. The maximum absolute atomic E-state index is 11.2. The highest BCUT2D eigenvalue weighted by atomic mass is 16.4. The molecule has 0 saturated heterocycles. The molecule has 21 heavy (non-hydrogen) atoms. The Balaban J connectivity index is 2.05. The molecule has 1 aromatic carbocycles. The van der Waals surface area contributed by atoms with Gasteiger partial charge >= 0.3 is 5.97 Å². The predicted octanol–water partition coefficient (Wildman–Crippen LogP) is 3.05. The van der Waals surface area contributed by atoms with Crippen LogP contribution in [0.1, 0.15) is 21.6 Å². The third kappa shape index (κ3) is 2.20. The highest BCUT2D eigenvalue weighted by molar-refractivity contribution is 5.93. The quantitative estimate of drug-likeness (QED) is 0.770. The van der Waals surface area contributed by atoms with Crippen molar-refractivity contribution in [2.45, 2.75) is 13.8 Å². The van der Waals surface area contributed by atoms with Gasteiger partial charge in [-0.1, -0.05) is 18.2 Å². The maximum Gasteiger partial charge on any atom is 0.337 e. The van der Waals surface area contributed by atoms with Crippen LogP contribution in [0.2, 0.25) is 0 Å². The summed E-state index contributed by atoms with van der Waals surface area (Å²) < 4.78 is 5.64. The number of nitrogens with one attached hydrogen (secondary N) is 1. The van der Waals surface area contributed by atoms with Crippen molar-refractivity contribution in [2.24, 2.45) is 0 Å². The molecule has 106 valence electrons. The van der Waals surface area contributed by atoms with Gasteiger partial charge in [0.2, 0.25) is 5.89 Å². The Labute approximate surface area is 120 Å². The Kier molecular flexibility index (Phi) is 3.06. The van der Waals surface area contributed by atoms with Crippen LogP contribution in [0.4, 0.5) is 0 Å². The predicted molar refractivity (Wildman–Crippen MR) is 76.0 cm³/mol. The molecule has 0 radical (unpaired) electrons. The van der Waals surface area contributed by atoms with E-state index in [1.54, 1.807) is 13.8 Å². The molecule has 0 aliphatic rings. The number of aryl methyl sites for hydroxylation is 1. The normalized spacial score (nSPS) is 10.8. The second-order valence-corrected chi connectivity index (χ2v) is 4.71. The van der Waals surface area contributed by atoms with Crippen LogP contribution in [-0.2, 0) is 0 Å². The van der Waals surface area contributed by atoms with Gasteiger partial charge in [0, 0.05) is 11.3 Å². The fraction of sp³-hybridized carbons (Fsp3) is 0.133. The maximum atomic E-state index is 11.2. The van der Waals surface area contributed by atoms with Crippen molar-refractivity contribution in [3.63, 3.8) is 0 Å². The SMILES string of the molecule is Cc1[nH]c(-c2nnc(-c3ccccc3)o2)c(C)c1C(=O)O. The number of nitrogens with zero attached hydrogens (tertiary/aromatic N) is 2. The van der Waals surface area contributed by atoms with E-state index in [1.807, 2.05) is 30.3 Å². The van der Waals surface area contributed by atoms with Gasteiger partial charge in [-0.25, -0.2) is 4.79 Å². The van der Waals surface area contributed by atoms with E-state index in [0.717, 1.165) is 5.56 Å². The van der Waals surface area contributed by atoms with Crippen molar-refractivity contribution >= 4 is 5.97 Å². The monoisotopic (exact) mass is 283 g/mol. The van der Waals surface area contributed by atoms with E-state index in [-0.39, 0.29) is 11.5 Å². The van der Waals surface area contributed by atoms with Gasteiger partial charge in [0.1, 0.15) is 5.69 Å². The number of carbonyl (C=O) groups is 1. The van der Waals surface area contributed by atoms with Gasteiger partial charge in [0.15, 0.2) is 0 Å². The second kappa shape index (κ2) is 4.90. The lowest BCUT2D eigenvalue weighted by Gasteiger charge is -1.95. The minimum Gasteiger partial charge on any atom is -0.478 e. The van der Waals surface area contributed by atoms with E-state index in [4.69, 9.17) is 4.42 Å². The number of aromatic carboxylic acids is 1. The zero-order valence-corrected chi connectivity index (χ0v) is 11.5. The molecule has 3 aromatic rings. The summed E-state index contributed by atoms with van der Waals surface area (Å²) in [4.78, 5) is 14.2. The lowest BCUT2D eigenvalue weighted by atomic mass is 10.1. The van der Waals surface area contributed by atoms with Crippen molar-refractivity contribution in [1.29, 1.82) is 0 Å². The fourth-order valence-corrected chi connectivity index (χ4v) is 2.31. The highest BCUT2D eigenvalue weighted by Gasteiger charge is 2.21. The zero-order valence-electron chi connectivity index (χ0n) is 11.5. The third-order valence-corrected chi connectivity index (χ3v) is 3.31. The molecule has 3 rings (SSSR count). The van der Waals surface area contributed by atoms with Crippen LogP contribution in [0.5, 0.6) is 0 Å². The molecule has 0 bridgehead atoms. The molecular weight excluding hydrogens is 270 g/mol. The number of carboxylic acids is 1. The van der Waals surface area contributed by atoms with E-state index >= 15 is 0 Å². The first-order valence-electron chi connectivity index (χ1n) is 6.39. The van der Waals surface area contributed by atoms with Gasteiger partial charge in [-0.05, 0) is 31.5 Å². The molecule has 0 fully saturated rings. The average Bonchev–Trinajstić information content (AvgIpc) is 3.04. The number of carboxylic acid groups (broad SMARTS) is 1. The molecule has 2 N–H and O–H groups in total. The van der Waals surface area contributed by atoms with Crippen LogP contribution in [0.3, 0.4) is 0 Å². The topological polar surface area (TPSA) is 92.0 Å². The van der Waals surface area contributed by atoms with E-state index < -0.39 is 5.97 Å². The molecule has 0 atom stereocenters. The summed E-state index contributed by atoms with van der Waals surface area (Å²) >= 11 is 0. The van der Waals surface area contributed by atoms with Crippen molar-refractivity contribution in [1.82, 2.24) is 15.2 Å². The van der Waals surface area contributed by atoms with E-state index in [2.05, 4.69) is 15.2 Å². The van der Waals surface area contributed by atoms with Crippen molar-refractivity contribution in [3.05, 3.63) is 47.2 Å². The number of aromatic amines is 1. The summed E-state index contributed by atoms with van der Waals surface area (Å²) in [5.41, 5.74) is 2.75. The van der Waals surface area contributed by atoms with Crippen molar-refractivity contribution in [3.8, 4) is 23.0 Å². The number of hydrogen-bond donors (Lipinski definition) is 2. The second-order valence-electron chi connectivity index (χ2n) is 4.71. The molecule has 0 spiro atoms. The Bertz CT molecular complexity index is 803. The molecule has 6 nitrogen and oxygen atoms in total. The molecule has 0 unspecified atom stereocenters.